The van der Waals surface area contributed by atoms with E-state index in [2.05, 4.69) is 10.2 Å². The molecule has 1 heterocycles. The van der Waals surface area contributed by atoms with Crippen LogP contribution in [0.4, 0.5) is 0 Å². The Hall–Kier alpha value is -0.570. The van der Waals surface area contributed by atoms with E-state index in [0.717, 1.165) is 13.0 Å². The molecule has 0 aromatic carbocycles. The molecule has 3 nitrogen and oxygen atoms in total. The molecule has 1 aliphatic rings. The van der Waals surface area contributed by atoms with Gasteiger partial charge in [0.05, 0.1) is 0 Å². The first kappa shape index (κ1) is 8.53. The molecular formula is C8H16N2O. The van der Waals surface area contributed by atoms with Crippen LogP contribution in [-0.2, 0) is 4.79 Å². The Balaban J connectivity index is 2.12. The second kappa shape index (κ2) is 4.34. The van der Waals surface area contributed by atoms with Crippen LogP contribution < -0.4 is 5.32 Å². The van der Waals surface area contributed by atoms with E-state index in [1.54, 1.807) is 0 Å². The predicted octanol–water partition coefficient (Wildman–Crippen LogP) is 0.217. The lowest BCUT2D eigenvalue weighted by Gasteiger charge is -2.19. The van der Waals surface area contributed by atoms with E-state index in [1.807, 2.05) is 6.92 Å². The number of hydrogen-bond acceptors (Lipinski definition) is 2. The van der Waals surface area contributed by atoms with E-state index in [0.29, 0.717) is 6.04 Å². The molecule has 64 valence electrons. The van der Waals surface area contributed by atoms with Crippen molar-refractivity contribution >= 4 is 6.41 Å². The Kier molecular flexibility index (Phi) is 3.36. The molecule has 0 aromatic heterocycles. The van der Waals surface area contributed by atoms with Crippen LogP contribution >= 0.6 is 0 Å². The molecular weight excluding hydrogens is 140 g/mol. The lowest BCUT2D eigenvalue weighted by atomic mass is 10.3. The van der Waals surface area contributed by atoms with Crippen LogP contribution in [0.1, 0.15) is 19.8 Å². The zero-order chi connectivity index (χ0) is 8.10. The number of hydrogen-bond donors (Lipinski definition) is 1. The van der Waals surface area contributed by atoms with Gasteiger partial charge in [-0.2, -0.15) is 0 Å². The van der Waals surface area contributed by atoms with E-state index < -0.39 is 0 Å². The second-order valence-corrected chi connectivity index (χ2v) is 3.19. The standard InChI is InChI=1S/C8H16N2O/c1-8(9-7-11)6-10-4-2-3-5-10/h7-8H,2-6H2,1H3,(H,9,11). The largest absolute Gasteiger partial charge is 0.355 e. The van der Waals surface area contributed by atoms with Gasteiger partial charge in [-0.15, -0.1) is 0 Å². The maximum Gasteiger partial charge on any atom is 0.207 e. The SMILES string of the molecule is CC(CN1CCCC1)NC=O. The Morgan fingerprint density at radius 2 is 2.18 bits per heavy atom. The highest BCUT2D eigenvalue weighted by Crippen LogP contribution is 2.06. The molecule has 1 amide bonds. The predicted molar refractivity (Wildman–Crippen MR) is 44.3 cm³/mol. The quantitative estimate of drug-likeness (QED) is 0.590. The van der Waals surface area contributed by atoms with Gasteiger partial charge in [0.1, 0.15) is 0 Å². The Bertz CT molecular complexity index is 121. The van der Waals surface area contributed by atoms with Gasteiger partial charge in [-0.1, -0.05) is 0 Å². The van der Waals surface area contributed by atoms with Crippen LogP contribution in [0.3, 0.4) is 0 Å². The molecule has 0 aromatic rings. The monoisotopic (exact) mass is 156 g/mol. The zero-order valence-electron chi connectivity index (χ0n) is 7.05. The fraction of sp³-hybridized carbons (Fsp3) is 0.875. The molecule has 1 N–H and O–H groups in total. The second-order valence-electron chi connectivity index (χ2n) is 3.19. The van der Waals surface area contributed by atoms with Crippen molar-refractivity contribution in [2.45, 2.75) is 25.8 Å². The first-order valence-corrected chi connectivity index (χ1v) is 4.25. The van der Waals surface area contributed by atoms with Crippen molar-refractivity contribution in [3.8, 4) is 0 Å². The lowest BCUT2D eigenvalue weighted by Crippen LogP contribution is -2.37. The normalized spacial score (nSPS) is 21.5. The van der Waals surface area contributed by atoms with Crippen LogP contribution in [0, 0.1) is 0 Å². The minimum atomic E-state index is 0.297. The van der Waals surface area contributed by atoms with Gasteiger partial charge in [-0.3, -0.25) is 4.79 Å². The molecule has 1 fully saturated rings. The molecule has 3 heteroatoms. The fourth-order valence-corrected chi connectivity index (χ4v) is 1.52. The van der Waals surface area contributed by atoms with Gasteiger partial charge in [0, 0.05) is 12.6 Å². The molecule has 1 rings (SSSR count). The summed E-state index contributed by atoms with van der Waals surface area (Å²) in [4.78, 5) is 12.4. The van der Waals surface area contributed by atoms with Crippen LogP contribution in [0.5, 0.6) is 0 Å². The van der Waals surface area contributed by atoms with E-state index in [1.165, 1.54) is 25.9 Å². The number of nitrogens with zero attached hydrogens (tertiary/aromatic N) is 1. The molecule has 0 spiro atoms. The highest BCUT2D eigenvalue weighted by Gasteiger charge is 2.13. The third-order valence-corrected chi connectivity index (χ3v) is 2.08. The third-order valence-electron chi connectivity index (χ3n) is 2.08. The summed E-state index contributed by atoms with van der Waals surface area (Å²) in [7, 11) is 0. The summed E-state index contributed by atoms with van der Waals surface area (Å²) in [6, 6.07) is 0.297. The van der Waals surface area contributed by atoms with Crippen molar-refractivity contribution in [2.24, 2.45) is 0 Å². The van der Waals surface area contributed by atoms with Gasteiger partial charge in [0.25, 0.3) is 0 Å². The number of carbonyl (C=O) groups excluding carboxylic acids is 1. The van der Waals surface area contributed by atoms with Gasteiger partial charge in [-0.05, 0) is 32.9 Å². The molecule has 0 radical (unpaired) electrons. The van der Waals surface area contributed by atoms with Gasteiger partial charge < -0.3 is 10.2 Å². The number of amides is 1. The average molecular weight is 156 g/mol. The Labute approximate surface area is 67.8 Å². The van der Waals surface area contributed by atoms with Gasteiger partial charge in [0.15, 0.2) is 0 Å². The lowest BCUT2D eigenvalue weighted by molar-refractivity contribution is -0.110. The fourth-order valence-electron chi connectivity index (χ4n) is 1.52. The molecule has 0 saturated carbocycles. The maximum atomic E-state index is 10.1. The van der Waals surface area contributed by atoms with Crippen molar-refractivity contribution < 1.29 is 4.79 Å². The average Bonchev–Trinajstić information content (AvgIpc) is 2.40. The van der Waals surface area contributed by atoms with Gasteiger partial charge in [0.2, 0.25) is 6.41 Å². The summed E-state index contributed by atoms with van der Waals surface area (Å²) >= 11 is 0. The van der Waals surface area contributed by atoms with Crippen molar-refractivity contribution in [3.05, 3.63) is 0 Å². The van der Waals surface area contributed by atoms with Crippen molar-refractivity contribution in [3.63, 3.8) is 0 Å². The first-order valence-electron chi connectivity index (χ1n) is 4.25. The van der Waals surface area contributed by atoms with Crippen LogP contribution in [0.25, 0.3) is 0 Å². The topological polar surface area (TPSA) is 32.3 Å². The van der Waals surface area contributed by atoms with Crippen LogP contribution in [-0.4, -0.2) is 37.0 Å². The Morgan fingerprint density at radius 3 is 2.73 bits per heavy atom. The summed E-state index contributed by atoms with van der Waals surface area (Å²) in [5.74, 6) is 0. The molecule has 1 aliphatic heterocycles. The molecule has 0 bridgehead atoms. The van der Waals surface area contributed by atoms with Crippen molar-refractivity contribution in [2.75, 3.05) is 19.6 Å². The highest BCUT2D eigenvalue weighted by molar-refractivity contribution is 5.46. The summed E-state index contributed by atoms with van der Waals surface area (Å²) in [5.41, 5.74) is 0. The molecule has 1 atom stereocenters. The molecule has 1 unspecified atom stereocenters. The van der Waals surface area contributed by atoms with Crippen molar-refractivity contribution in [1.82, 2.24) is 10.2 Å². The van der Waals surface area contributed by atoms with E-state index in [9.17, 15) is 4.79 Å². The first-order chi connectivity index (χ1) is 5.33. The summed E-state index contributed by atoms with van der Waals surface area (Å²) in [6.45, 7) is 5.43. The highest BCUT2D eigenvalue weighted by atomic mass is 16.1. The molecule has 11 heavy (non-hydrogen) atoms. The Morgan fingerprint density at radius 1 is 1.55 bits per heavy atom. The van der Waals surface area contributed by atoms with E-state index in [4.69, 9.17) is 0 Å². The number of nitrogens with one attached hydrogen (secondary N) is 1. The van der Waals surface area contributed by atoms with Crippen molar-refractivity contribution in [1.29, 1.82) is 0 Å². The van der Waals surface area contributed by atoms with E-state index in [-0.39, 0.29) is 0 Å². The summed E-state index contributed by atoms with van der Waals surface area (Å²) < 4.78 is 0. The smallest absolute Gasteiger partial charge is 0.207 e. The molecule has 1 saturated heterocycles. The number of likely N-dealkylation sites (tertiary alicyclic amines) is 1. The molecule has 0 aliphatic carbocycles. The minimum absolute atomic E-state index is 0.297. The number of carbonyl (C=O) groups is 1. The van der Waals surface area contributed by atoms with Gasteiger partial charge >= 0.3 is 0 Å². The summed E-state index contributed by atoms with van der Waals surface area (Å²) in [5, 5.41) is 2.75. The van der Waals surface area contributed by atoms with Gasteiger partial charge in [-0.25, -0.2) is 0 Å². The minimum Gasteiger partial charge on any atom is -0.355 e. The number of rotatable bonds is 4. The van der Waals surface area contributed by atoms with Crippen LogP contribution in [0.15, 0.2) is 0 Å². The summed E-state index contributed by atoms with van der Waals surface area (Å²) in [6.07, 6.45) is 3.41. The third kappa shape index (κ3) is 2.89. The maximum absolute atomic E-state index is 10.1. The van der Waals surface area contributed by atoms with E-state index >= 15 is 0 Å². The van der Waals surface area contributed by atoms with Crippen LogP contribution in [0.2, 0.25) is 0 Å². The zero-order valence-corrected chi connectivity index (χ0v) is 7.05.